The number of benzene rings is 2. The number of carbonyl (C=O) groups is 2. The largest absolute Gasteiger partial charge is 0.497 e. The number of hydrogen-bond acceptors (Lipinski definition) is 5. The monoisotopic (exact) mass is 410 g/mol. The van der Waals surface area contributed by atoms with Crippen molar-refractivity contribution in [1.82, 2.24) is 4.90 Å². The summed E-state index contributed by atoms with van der Waals surface area (Å²) in [6.45, 7) is 0.485. The van der Waals surface area contributed by atoms with Crippen molar-refractivity contribution in [3.63, 3.8) is 0 Å². The van der Waals surface area contributed by atoms with E-state index in [9.17, 15) is 9.59 Å². The van der Waals surface area contributed by atoms with Crippen LogP contribution in [0.1, 0.15) is 30.0 Å². The molecule has 1 saturated heterocycles. The van der Waals surface area contributed by atoms with Crippen molar-refractivity contribution in [1.29, 1.82) is 0 Å². The van der Waals surface area contributed by atoms with Gasteiger partial charge >= 0.3 is 0 Å². The van der Waals surface area contributed by atoms with Gasteiger partial charge in [0, 0.05) is 12.6 Å². The van der Waals surface area contributed by atoms with E-state index in [1.54, 1.807) is 37.5 Å². The standard InChI is InChI=1S/C23H26N2O5/c1-28-18-6-3-5-17(14-18)19-7-4-12-25(19)23(27)11-9-16-8-10-20(21(13-16)29-2)30-15-22(24)26/h3,5-6,8-11,13-14,19H,4,7,12,15H2,1-2H3,(H2,24,26)/b11-9+. The molecule has 7 heteroatoms. The molecular formula is C23H26N2O5. The van der Waals surface area contributed by atoms with Gasteiger partial charge in [0.1, 0.15) is 5.75 Å². The summed E-state index contributed by atoms with van der Waals surface area (Å²) in [5, 5.41) is 0. The summed E-state index contributed by atoms with van der Waals surface area (Å²) in [5.41, 5.74) is 6.96. The molecule has 2 amide bonds. The van der Waals surface area contributed by atoms with Crippen LogP contribution >= 0.6 is 0 Å². The topological polar surface area (TPSA) is 91.1 Å². The molecule has 0 bridgehead atoms. The second-order valence-corrected chi connectivity index (χ2v) is 6.96. The fourth-order valence-corrected chi connectivity index (χ4v) is 3.55. The van der Waals surface area contributed by atoms with Crippen LogP contribution in [0.15, 0.2) is 48.5 Å². The van der Waals surface area contributed by atoms with E-state index in [-0.39, 0.29) is 18.6 Å². The van der Waals surface area contributed by atoms with Crippen molar-refractivity contribution in [2.75, 3.05) is 27.4 Å². The lowest BCUT2D eigenvalue weighted by atomic mass is 10.0. The van der Waals surface area contributed by atoms with Gasteiger partial charge < -0.3 is 24.8 Å². The Balaban J connectivity index is 1.72. The Morgan fingerprint density at radius 2 is 1.97 bits per heavy atom. The quantitative estimate of drug-likeness (QED) is 0.676. The molecule has 0 spiro atoms. The van der Waals surface area contributed by atoms with Crippen LogP contribution in [0, 0.1) is 0 Å². The van der Waals surface area contributed by atoms with Crippen molar-refractivity contribution in [3.8, 4) is 17.2 Å². The summed E-state index contributed by atoms with van der Waals surface area (Å²) in [6.07, 6.45) is 5.19. The van der Waals surface area contributed by atoms with Gasteiger partial charge in [-0.2, -0.15) is 0 Å². The van der Waals surface area contributed by atoms with E-state index in [4.69, 9.17) is 19.9 Å². The molecule has 0 saturated carbocycles. The number of amides is 2. The molecule has 2 aromatic carbocycles. The minimum absolute atomic E-state index is 0.0383. The molecule has 0 aliphatic carbocycles. The van der Waals surface area contributed by atoms with Crippen molar-refractivity contribution in [3.05, 3.63) is 59.7 Å². The Morgan fingerprint density at radius 3 is 2.70 bits per heavy atom. The van der Waals surface area contributed by atoms with Crippen LogP contribution in [0.4, 0.5) is 0 Å². The lowest BCUT2D eigenvalue weighted by molar-refractivity contribution is -0.126. The highest BCUT2D eigenvalue weighted by atomic mass is 16.5. The predicted molar refractivity (Wildman–Crippen MR) is 113 cm³/mol. The van der Waals surface area contributed by atoms with Crippen LogP contribution in [0.3, 0.4) is 0 Å². The van der Waals surface area contributed by atoms with E-state index in [1.807, 2.05) is 29.2 Å². The highest BCUT2D eigenvalue weighted by molar-refractivity contribution is 5.92. The summed E-state index contributed by atoms with van der Waals surface area (Å²) in [5.74, 6) is 1.04. The van der Waals surface area contributed by atoms with Crippen molar-refractivity contribution >= 4 is 17.9 Å². The summed E-state index contributed by atoms with van der Waals surface area (Å²) < 4.78 is 15.9. The predicted octanol–water partition coefficient (Wildman–Crippen LogP) is 2.94. The third kappa shape index (κ3) is 5.11. The number of carbonyl (C=O) groups excluding carboxylic acids is 2. The van der Waals surface area contributed by atoms with Crippen molar-refractivity contribution < 1.29 is 23.8 Å². The molecule has 1 atom stereocenters. The van der Waals surface area contributed by atoms with Crippen LogP contribution in [0.2, 0.25) is 0 Å². The number of primary amides is 1. The summed E-state index contributed by atoms with van der Waals surface area (Å²) in [7, 11) is 3.14. The molecule has 0 aromatic heterocycles. The van der Waals surface area contributed by atoms with E-state index >= 15 is 0 Å². The number of hydrogen-bond donors (Lipinski definition) is 1. The maximum absolute atomic E-state index is 12.9. The first-order valence-electron chi connectivity index (χ1n) is 9.73. The number of nitrogens with two attached hydrogens (primary N) is 1. The van der Waals surface area contributed by atoms with E-state index in [0.717, 1.165) is 29.7 Å². The third-order valence-corrected chi connectivity index (χ3v) is 4.99. The normalized spacial score (nSPS) is 15.9. The molecular weight excluding hydrogens is 384 g/mol. The zero-order chi connectivity index (χ0) is 21.5. The average Bonchev–Trinajstić information content (AvgIpc) is 3.26. The minimum atomic E-state index is -0.567. The molecule has 1 fully saturated rings. The van der Waals surface area contributed by atoms with Gasteiger partial charge in [0.15, 0.2) is 18.1 Å². The highest BCUT2D eigenvalue weighted by Gasteiger charge is 2.28. The second-order valence-electron chi connectivity index (χ2n) is 6.96. The number of nitrogens with zero attached hydrogens (tertiary/aromatic N) is 1. The van der Waals surface area contributed by atoms with Gasteiger partial charge in [0.25, 0.3) is 5.91 Å². The zero-order valence-corrected chi connectivity index (χ0v) is 17.2. The fraction of sp³-hybridized carbons (Fsp3) is 0.304. The first kappa shape index (κ1) is 21.2. The van der Waals surface area contributed by atoms with Gasteiger partial charge in [-0.15, -0.1) is 0 Å². The minimum Gasteiger partial charge on any atom is -0.497 e. The number of ether oxygens (including phenoxy) is 3. The molecule has 1 aliphatic rings. The number of methoxy groups -OCH3 is 2. The maximum Gasteiger partial charge on any atom is 0.255 e. The summed E-state index contributed by atoms with van der Waals surface area (Å²) >= 11 is 0. The lowest BCUT2D eigenvalue weighted by Gasteiger charge is -2.24. The molecule has 7 nitrogen and oxygen atoms in total. The molecule has 1 heterocycles. The number of likely N-dealkylation sites (tertiary alicyclic amines) is 1. The van der Waals surface area contributed by atoms with Crippen molar-refractivity contribution in [2.24, 2.45) is 5.73 Å². The van der Waals surface area contributed by atoms with Gasteiger partial charge in [-0.3, -0.25) is 9.59 Å². The van der Waals surface area contributed by atoms with Crippen LogP contribution in [0.25, 0.3) is 6.08 Å². The second kappa shape index (κ2) is 9.82. The molecule has 2 aromatic rings. The Morgan fingerprint density at radius 1 is 1.13 bits per heavy atom. The van der Waals surface area contributed by atoms with Crippen LogP contribution in [-0.2, 0) is 9.59 Å². The van der Waals surface area contributed by atoms with E-state index in [0.29, 0.717) is 18.0 Å². The first-order chi connectivity index (χ1) is 14.5. The van der Waals surface area contributed by atoms with Gasteiger partial charge in [-0.25, -0.2) is 0 Å². The average molecular weight is 410 g/mol. The van der Waals surface area contributed by atoms with Crippen LogP contribution < -0.4 is 19.9 Å². The van der Waals surface area contributed by atoms with Gasteiger partial charge in [-0.1, -0.05) is 18.2 Å². The van der Waals surface area contributed by atoms with E-state index < -0.39 is 5.91 Å². The van der Waals surface area contributed by atoms with Gasteiger partial charge in [0.05, 0.1) is 20.3 Å². The molecule has 0 radical (unpaired) electrons. The Kier molecular flexibility index (Phi) is 6.95. The van der Waals surface area contributed by atoms with Gasteiger partial charge in [0.2, 0.25) is 5.91 Å². The molecule has 30 heavy (non-hydrogen) atoms. The zero-order valence-electron chi connectivity index (χ0n) is 17.2. The maximum atomic E-state index is 12.9. The van der Waals surface area contributed by atoms with Crippen LogP contribution in [0.5, 0.6) is 17.2 Å². The molecule has 2 N–H and O–H groups in total. The smallest absolute Gasteiger partial charge is 0.255 e. The Hall–Kier alpha value is -3.48. The Labute approximate surface area is 176 Å². The number of rotatable bonds is 8. The lowest BCUT2D eigenvalue weighted by Crippen LogP contribution is -2.28. The SMILES string of the molecule is COc1cccc(C2CCCN2C(=O)/C=C/c2ccc(OCC(N)=O)c(OC)c2)c1. The third-order valence-electron chi connectivity index (χ3n) is 4.99. The summed E-state index contributed by atoms with van der Waals surface area (Å²) in [4.78, 5) is 25.6. The summed E-state index contributed by atoms with van der Waals surface area (Å²) in [6, 6.07) is 13.1. The van der Waals surface area contributed by atoms with Gasteiger partial charge in [-0.05, 0) is 54.3 Å². The molecule has 1 unspecified atom stereocenters. The Bertz CT molecular complexity index is 941. The molecule has 158 valence electrons. The highest BCUT2D eigenvalue weighted by Crippen LogP contribution is 2.34. The molecule has 3 rings (SSSR count). The van der Waals surface area contributed by atoms with E-state index in [2.05, 4.69) is 0 Å². The van der Waals surface area contributed by atoms with Crippen LogP contribution in [-0.4, -0.2) is 44.1 Å². The van der Waals surface area contributed by atoms with Crippen molar-refractivity contribution in [2.45, 2.75) is 18.9 Å². The fourth-order valence-electron chi connectivity index (χ4n) is 3.55. The first-order valence-corrected chi connectivity index (χ1v) is 9.73. The van der Waals surface area contributed by atoms with E-state index in [1.165, 1.54) is 7.11 Å². The molecule has 1 aliphatic heterocycles.